The zero-order chi connectivity index (χ0) is 16.5. The number of carboxylic acid groups (broad SMARTS) is 1. The molecule has 1 aliphatic heterocycles. The zero-order valence-electron chi connectivity index (χ0n) is 13.6. The molecule has 3 atom stereocenters. The number of hydrogen-bond donors (Lipinski definition) is 1. The van der Waals surface area contributed by atoms with E-state index in [0.717, 1.165) is 38.0 Å². The van der Waals surface area contributed by atoms with Crippen LogP contribution in [0.25, 0.3) is 0 Å². The topological polar surface area (TPSA) is 53.4 Å². The molecule has 2 aromatic rings. The number of piperidine rings is 1. The third-order valence-electron chi connectivity index (χ3n) is 5.42. The van der Waals surface area contributed by atoms with Crippen LogP contribution >= 0.6 is 0 Å². The van der Waals surface area contributed by atoms with Crippen LogP contribution in [0.1, 0.15) is 41.4 Å². The maximum absolute atomic E-state index is 11.8. The largest absolute Gasteiger partial charge is 0.481 e. The molecule has 4 nitrogen and oxygen atoms in total. The second kappa shape index (κ2) is 6.36. The highest BCUT2D eigenvalue weighted by molar-refractivity contribution is 5.77. The standard InChI is InChI=1S/C20H22N2O2/c23-20(24)19-9-15-8-16(17-5-1-2-6-18(17)19)13-22(12-15)11-14-4-3-7-21-10-14/h1-7,10,15-16,19H,8-9,11-13H2,(H,23,24)/t15-,16-,19+/m1/s1. The first-order valence-corrected chi connectivity index (χ1v) is 8.63. The highest BCUT2D eigenvalue weighted by atomic mass is 16.4. The minimum atomic E-state index is -0.686. The maximum atomic E-state index is 11.8. The highest BCUT2D eigenvalue weighted by Crippen LogP contribution is 2.43. The van der Waals surface area contributed by atoms with Crippen LogP contribution in [0.4, 0.5) is 0 Å². The quantitative estimate of drug-likeness (QED) is 0.942. The predicted molar refractivity (Wildman–Crippen MR) is 91.8 cm³/mol. The van der Waals surface area contributed by atoms with E-state index >= 15 is 0 Å². The van der Waals surface area contributed by atoms with Crippen molar-refractivity contribution in [2.75, 3.05) is 13.1 Å². The van der Waals surface area contributed by atoms with Crippen molar-refractivity contribution in [3.8, 4) is 0 Å². The minimum absolute atomic E-state index is 0.366. The summed E-state index contributed by atoms with van der Waals surface area (Å²) in [4.78, 5) is 18.5. The summed E-state index contributed by atoms with van der Waals surface area (Å²) in [5, 5.41) is 9.71. The van der Waals surface area contributed by atoms with Crippen LogP contribution in [0.3, 0.4) is 0 Å². The number of rotatable bonds is 3. The number of fused-ring (bicyclic) bond motifs is 4. The van der Waals surface area contributed by atoms with Crippen molar-refractivity contribution in [2.24, 2.45) is 5.92 Å². The summed E-state index contributed by atoms with van der Waals surface area (Å²) in [6.07, 6.45) is 5.57. The van der Waals surface area contributed by atoms with Gasteiger partial charge in [0.25, 0.3) is 0 Å². The molecule has 4 heteroatoms. The molecule has 4 rings (SSSR count). The molecule has 0 unspecified atom stereocenters. The van der Waals surface area contributed by atoms with Gasteiger partial charge in [0.2, 0.25) is 0 Å². The molecular formula is C20H22N2O2. The molecule has 0 saturated carbocycles. The number of pyridine rings is 1. The Kier molecular flexibility index (Phi) is 4.07. The number of carbonyl (C=O) groups is 1. The Balaban J connectivity index is 1.63. The van der Waals surface area contributed by atoms with E-state index < -0.39 is 5.97 Å². The Hall–Kier alpha value is -2.20. The summed E-state index contributed by atoms with van der Waals surface area (Å²) in [6, 6.07) is 12.2. The van der Waals surface area contributed by atoms with Crippen molar-refractivity contribution in [3.63, 3.8) is 0 Å². The first-order valence-electron chi connectivity index (χ1n) is 8.63. The summed E-state index contributed by atoms with van der Waals surface area (Å²) in [5.41, 5.74) is 3.49. The molecule has 1 N–H and O–H groups in total. The normalized spacial score (nSPS) is 26.4. The Morgan fingerprint density at radius 1 is 1.12 bits per heavy atom. The molecule has 0 spiro atoms. The van der Waals surface area contributed by atoms with Gasteiger partial charge in [0.15, 0.2) is 0 Å². The van der Waals surface area contributed by atoms with Crippen LogP contribution in [-0.4, -0.2) is 34.0 Å². The number of likely N-dealkylation sites (tertiary alicyclic amines) is 1. The highest BCUT2D eigenvalue weighted by Gasteiger charge is 2.37. The summed E-state index contributed by atoms with van der Waals surface area (Å²) < 4.78 is 0. The number of hydrogen-bond acceptors (Lipinski definition) is 3. The van der Waals surface area contributed by atoms with E-state index in [1.54, 1.807) is 6.20 Å². The molecule has 2 bridgehead atoms. The Bertz CT molecular complexity index is 731. The number of aliphatic carboxylic acids is 1. The van der Waals surface area contributed by atoms with E-state index in [4.69, 9.17) is 0 Å². The van der Waals surface area contributed by atoms with E-state index in [9.17, 15) is 9.90 Å². The van der Waals surface area contributed by atoms with Crippen molar-refractivity contribution >= 4 is 5.97 Å². The average Bonchev–Trinajstić information content (AvgIpc) is 2.71. The fourth-order valence-corrected chi connectivity index (χ4v) is 4.47. The summed E-state index contributed by atoms with van der Waals surface area (Å²) in [7, 11) is 0. The Morgan fingerprint density at radius 2 is 1.96 bits per heavy atom. The minimum Gasteiger partial charge on any atom is -0.481 e. The third-order valence-corrected chi connectivity index (χ3v) is 5.42. The second-order valence-electron chi connectivity index (χ2n) is 7.11. The molecule has 1 fully saturated rings. The number of aromatic nitrogens is 1. The van der Waals surface area contributed by atoms with Gasteiger partial charge >= 0.3 is 5.97 Å². The van der Waals surface area contributed by atoms with Gasteiger partial charge in [0, 0.05) is 32.0 Å². The molecule has 1 aliphatic carbocycles. The van der Waals surface area contributed by atoms with Gasteiger partial charge in [0.05, 0.1) is 5.92 Å². The molecule has 24 heavy (non-hydrogen) atoms. The molecule has 1 aromatic heterocycles. The van der Waals surface area contributed by atoms with Crippen molar-refractivity contribution in [1.29, 1.82) is 0 Å². The number of carboxylic acids is 1. The van der Waals surface area contributed by atoms with Crippen LogP contribution in [0, 0.1) is 5.92 Å². The zero-order valence-corrected chi connectivity index (χ0v) is 13.6. The lowest BCUT2D eigenvalue weighted by atomic mass is 9.85. The number of benzene rings is 1. The Morgan fingerprint density at radius 3 is 2.71 bits per heavy atom. The van der Waals surface area contributed by atoms with Crippen molar-refractivity contribution < 1.29 is 9.90 Å². The molecule has 2 aliphatic rings. The SMILES string of the molecule is O=C(O)[C@H]1C[C@H]2C[C@H](CN(Cc3cccnc3)C2)c2ccccc21. The van der Waals surface area contributed by atoms with Crippen molar-refractivity contribution in [3.05, 3.63) is 65.5 Å². The van der Waals surface area contributed by atoms with Crippen LogP contribution in [0.5, 0.6) is 0 Å². The second-order valence-corrected chi connectivity index (χ2v) is 7.11. The van der Waals surface area contributed by atoms with Gasteiger partial charge in [-0.3, -0.25) is 14.7 Å². The summed E-state index contributed by atoms with van der Waals surface area (Å²) >= 11 is 0. The average molecular weight is 322 g/mol. The fraction of sp³-hybridized carbons (Fsp3) is 0.400. The smallest absolute Gasteiger partial charge is 0.310 e. The van der Waals surface area contributed by atoms with Gasteiger partial charge in [-0.05, 0) is 47.4 Å². The van der Waals surface area contributed by atoms with Gasteiger partial charge in [0.1, 0.15) is 0 Å². The van der Waals surface area contributed by atoms with Crippen LogP contribution in [0.15, 0.2) is 48.8 Å². The first-order chi connectivity index (χ1) is 11.7. The third kappa shape index (κ3) is 2.94. The lowest BCUT2D eigenvalue weighted by Crippen LogP contribution is -2.38. The van der Waals surface area contributed by atoms with Gasteiger partial charge in [-0.1, -0.05) is 30.3 Å². The van der Waals surface area contributed by atoms with Crippen LogP contribution in [-0.2, 0) is 11.3 Å². The molecule has 0 radical (unpaired) electrons. The van der Waals surface area contributed by atoms with E-state index in [-0.39, 0.29) is 5.92 Å². The fourth-order valence-electron chi connectivity index (χ4n) is 4.47. The van der Waals surface area contributed by atoms with E-state index in [0.29, 0.717) is 11.8 Å². The van der Waals surface area contributed by atoms with Crippen molar-refractivity contribution in [2.45, 2.75) is 31.2 Å². The maximum Gasteiger partial charge on any atom is 0.310 e. The first kappa shape index (κ1) is 15.3. The van der Waals surface area contributed by atoms with Crippen LogP contribution in [0.2, 0.25) is 0 Å². The van der Waals surface area contributed by atoms with Crippen molar-refractivity contribution in [1.82, 2.24) is 9.88 Å². The van der Waals surface area contributed by atoms with Gasteiger partial charge < -0.3 is 5.11 Å². The van der Waals surface area contributed by atoms with Gasteiger partial charge in [-0.2, -0.15) is 0 Å². The Labute approximate surface area is 142 Å². The molecule has 0 amide bonds. The van der Waals surface area contributed by atoms with Gasteiger partial charge in [-0.15, -0.1) is 0 Å². The van der Waals surface area contributed by atoms with Gasteiger partial charge in [-0.25, -0.2) is 0 Å². The molecule has 1 saturated heterocycles. The van der Waals surface area contributed by atoms with E-state index in [1.807, 2.05) is 30.5 Å². The van der Waals surface area contributed by atoms with E-state index in [1.165, 1.54) is 11.1 Å². The lowest BCUT2D eigenvalue weighted by Gasteiger charge is -2.37. The molecule has 1 aromatic carbocycles. The number of nitrogens with zero attached hydrogens (tertiary/aromatic N) is 2. The van der Waals surface area contributed by atoms with Crippen LogP contribution < -0.4 is 0 Å². The summed E-state index contributed by atoms with van der Waals surface area (Å²) in [6.45, 7) is 2.86. The molecule has 124 valence electrons. The summed E-state index contributed by atoms with van der Waals surface area (Å²) in [5.74, 6) is -0.182. The monoisotopic (exact) mass is 322 g/mol. The molecular weight excluding hydrogens is 300 g/mol. The van der Waals surface area contributed by atoms with E-state index in [2.05, 4.69) is 22.0 Å². The lowest BCUT2D eigenvalue weighted by molar-refractivity contribution is -0.139. The molecule has 2 heterocycles. The predicted octanol–water partition coefficient (Wildman–Crippen LogP) is 3.26.